The maximum atomic E-state index is 12.5. The van der Waals surface area contributed by atoms with E-state index < -0.39 is 10.8 Å². The number of fused-ring (bicyclic) bond motifs is 1. The van der Waals surface area contributed by atoms with Crippen LogP contribution in [0.5, 0.6) is 0 Å². The Morgan fingerprint density at radius 2 is 1.82 bits per heavy atom. The Bertz CT molecular complexity index is 1420. The fraction of sp³-hybridized carbons (Fsp3) is 0. The fourth-order valence-electron chi connectivity index (χ4n) is 3.17. The summed E-state index contributed by atoms with van der Waals surface area (Å²) >= 11 is 1.24. The first-order chi connectivity index (χ1) is 16.0. The second-order valence-electron chi connectivity index (χ2n) is 6.91. The molecular weight excluding hydrogens is 436 g/mol. The van der Waals surface area contributed by atoms with Gasteiger partial charge in [-0.25, -0.2) is 0 Å². The Kier molecular flexibility index (Phi) is 6.43. The predicted octanol–water partition coefficient (Wildman–Crippen LogP) is 5.84. The van der Waals surface area contributed by atoms with Gasteiger partial charge in [0.15, 0.2) is 0 Å². The summed E-state index contributed by atoms with van der Waals surface area (Å²) in [7, 11) is 0. The van der Waals surface area contributed by atoms with E-state index in [9.17, 15) is 20.2 Å². The minimum Gasteiger partial charge on any atom is -0.321 e. The summed E-state index contributed by atoms with van der Waals surface area (Å²) < 4.78 is 0. The zero-order chi connectivity index (χ0) is 23.2. The highest BCUT2D eigenvalue weighted by Gasteiger charge is 2.18. The van der Waals surface area contributed by atoms with Crippen LogP contribution in [0.3, 0.4) is 0 Å². The lowest BCUT2D eigenvalue weighted by Gasteiger charge is -2.07. The monoisotopic (exact) mass is 452 g/mol. The largest absolute Gasteiger partial charge is 0.321 e. The van der Waals surface area contributed by atoms with Crippen molar-refractivity contribution in [1.29, 1.82) is 5.26 Å². The molecule has 1 heterocycles. The first kappa shape index (κ1) is 21.7. The molecule has 0 radical (unpaired) electrons. The van der Waals surface area contributed by atoms with Gasteiger partial charge in [0.05, 0.1) is 15.3 Å². The van der Waals surface area contributed by atoms with Gasteiger partial charge in [0.1, 0.15) is 11.6 Å². The van der Waals surface area contributed by atoms with E-state index in [-0.39, 0.29) is 11.3 Å². The average molecular weight is 452 g/mol. The van der Waals surface area contributed by atoms with Crippen molar-refractivity contribution in [2.75, 3.05) is 5.32 Å². The zero-order valence-electron chi connectivity index (χ0n) is 17.1. The Balaban J connectivity index is 1.64. The first-order valence-corrected chi connectivity index (χ1v) is 10.6. The van der Waals surface area contributed by atoms with Crippen LogP contribution in [0.2, 0.25) is 0 Å². The van der Waals surface area contributed by atoms with E-state index in [1.165, 1.54) is 23.9 Å². The molecule has 0 spiro atoms. The van der Waals surface area contributed by atoms with Gasteiger partial charge in [-0.3, -0.25) is 19.9 Å². The number of para-hydroxylation sites is 2. The van der Waals surface area contributed by atoms with Gasteiger partial charge in [-0.15, -0.1) is 0 Å². The molecule has 4 rings (SSSR count). The second-order valence-corrected chi connectivity index (χ2v) is 7.99. The summed E-state index contributed by atoms with van der Waals surface area (Å²) in [6.45, 7) is 0. The normalized spacial score (nSPS) is 11.1. The number of pyridine rings is 1. The topological polar surface area (TPSA) is 109 Å². The number of rotatable bonds is 6. The number of nitrogens with zero attached hydrogens (tertiary/aromatic N) is 3. The molecule has 8 heteroatoms. The van der Waals surface area contributed by atoms with Crippen molar-refractivity contribution < 1.29 is 9.72 Å². The van der Waals surface area contributed by atoms with Crippen LogP contribution in [0.15, 0.2) is 100 Å². The van der Waals surface area contributed by atoms with Gasteiger partial charge in [0.25, 0.3) is 11.6 Å². The summed E-state index contributed by atoms with van der Waals surface area (Å²) in [5.41, 5.74) is 1.40. The minimum absolute atomic E-state index is 0.123. The number of nitro groups is 1. The molecule has 0 saturated heterocycles. The van der Waals surface area contributed by atoms with Crippen molar-refractivity contribution in [3.05, 3.63) is 106 Å². The summed E-state index contributed by atoms with van der Waals surface area (Å²) in [6, 6.07) is 24.6. The van der Waals surface area contributed by atoms with Gasteiger partial charge in [0, 0.05) is 28.2 Å². The van der Waals surface area contributed by atoms with Crippen molar-refractivity contribution in [2.24, 2.45) is 0 Å². The van der Waals surface area contributed by atoms with Crippen LogP contribution in [0.4, 0.5) is 11.4 Å². The van der Waals surface area contributed by atoms with Gasteiger partial charge < -0.3 is 5.32 Å². The minimum atomic E-state index is -0.591. The van der Waals surface area contributed by atoms with E-state index in [1.807, 2.05) is 42.5 Å². The summed E-state index contributed by atoms with van der Waals surface area (Å²) in [4.78, 5) is 29.4. The molecule has 0 aliphatic rings. The lowest BCUT2D eigenvalue weighted by Crippen LogP contribution is -2.13. The highest BCUT2D eigenvalue weighted by Crippen LogP contribution is 2.38. The van der Waals surface area contributed by atoms with Crippen LogP contribution in [0.1, 0.15) is 5.56 Å². The highest BCUT2D eigenvalue weighted by atomic mass is 32.2. The van der Waals surface area contributed by atoms with E-state index in [0.29, 0.717) is 16.1 Å². The quantitative estimate of drug-likeness (QED) is 0.170. The molecule has 7 nitrogen and oxygen atoms in total. The van der Waals surface area contributed by atoms with Gasteiger partial charge in [-0.2, -0.15) is 5.26 Å². The van der Waals surface area contributed by atoms with E-state index in [0.717, 1.165) is 15.8 Å². The lowest BCUT2D eigenvalue weighted by atomic mass is 10.1. The molecule has 0 atom stereocenters. The molecular formula is C25H16N4O3S. The molecule has 4 aromatic rings. The molecule has 1 aromatic heterocycles. The molecule has 0 saturated carbocycles. The van der Waals surface area contributed by atoms with Crippen LogP contribution < -0.4 is 5.32 Å². The van der Waals surface area contributed by atoms with E-state index in [2.05, 4.69) is 10.3 Å². The SMILES string of the molecule is N#C/C(=C\c1ccc(Sc2cccc3cccnc23)c([N+](=O)[O-])c1)C(=O)Nc1ccccc1. The molecule has 0 aliphatic carbocycles. The summed E-state index contributed by atoms with van der Waals surface area (Å²) in [5, 5.41) is 24.8. The summed E-state index contributed by atoms with van der Waals surface area (Å²) in [5.74, 6) is -0.591. The number of carbonyl (C=O) groups is 1. The number of anilines is 1. The third-order valence-corrected chi connectivity index (χ3v) is 5.82. The van der Waals surface area contributed by atoms with Gasteiger partial charge in [0.2, 0.25) is 0 Å². The van der Waals surface area contributed by atoms with E-state index in [4.69, 9.17) is 0 Å². The number of benzene rings is 3. The number of aromatic nitrogens is 1. The molecule has 3 aromatic carbocycles. The molecule has 1 amide bonds. The summed E-state index contributed by atoms with van der Waals surface area (Å²) in [6.07, 6.45) is 3.01. The van der Waals surface area contributed by atoms with Gasteiger partial charge in [-0.05, 0) is 42.0 Å². The first-order valence-electron chi connectivity index (χ1n) is 9.83. The number of amides is 1. The highest BCUT2D eigenvalue weighted by molar-refractivity contribution is 7.99. The van der Waals surface area contributed by atoms with Crippen molar-refractivity contribution >= 4 is 46.0 Å². The molecule has 0 aliphatic heterocycles. The molecule has 0 fully saturated rings. The number of nitro benzene ring substituents is 1. The Morgan fingerprint density at radius 1 is 1.03 bits per heavy atom. The predicted molar refractivity (Wildman–Crippen MR) is 128 cm³/mol. The third kappa shape index (κ3) is 5.06. The smallest absolute Gasteiger partial charge is 0.283 e. The number of nitrogens with one attached hydrogen (secondary N) is 1. The molecule has 33 heavy (non-hydrogen) atoms. The van der Waals surface area contributed by atoms with Crippen LogP contribution >= 0.6 is 11.8 Å². The Labute approximate surface area is 193 Å². The molecule has 0 bridgehead atoms. The number of nitriles is 1. The maximum absolute atomic E-state index is 12.5. The van der Waals surface area contributed by atoms with Gasteiger partial charge in [-0.1, -0.05) is 54.2 Å². The fourth-order valence-corrected chi connectivity index (χ4v) is 4.19. The second kappa shape index (κ2) is 9.77. The van der Waals surface area contributed by atoms with Crippen molar-refractivity contribution in [3.63, 3.8) is 0 Å². The van der Waals surface area contributed by atoms with E-state index in [1.54, 1.807) is 42.6 Å². The van der Waals surface area contributed by atoms with Gasteiger partial charge >= 0.3 is 0 Å². The van der Waals surface area contributed by atoms with Crippen LogP contribution in [-0.2, 0) is 4.79 Å². The van der Waals surface area contributed by atoms with Crippen molar-refractivity contribution in [2.45, 2.75) is 9.79 Å². The van der Waals surface area contributed by atoms with Crippen LogP contribution in [-0.4, -0.2) is 15.8 Å². The number of hydrogen-bond acceptors (Lipinski definition) is 6. The molecule has 160 valence electrons. The van der Waals surface area contributed by atoms with Crippen LogP contribution in [0.25, 0.3) is 17.0 Å². The maximum Gasteiger partial charge on any atom is 0.283 e. The molecule has 1 N–H and O–H groups in total. The zero-order valence-corrected chi connectivity index (χ0v) is 18.0. The average Bonchev–Trinajstić information content (AvgIpc) is 2.84. The Hall–Kier alpha value is -4.48. The van der Waals surface area contributed by atoms with E-state index >= 15 is 0 Å². The standard InChI is InChI=1S/C25H16N4O3S/c26-16-19(25(30)28-20-8-2-1-3-9-20)14-17-11-12-22(21(15-17)29(31)32)33-23-10-4-6-18-7-5-13-27-24(18)23/h1-15H,(H,28,30)/b19-14+. The number of carbonyl (C=O) groups excluding carboxylic acids is 1. The van der Waals surface area contributed by atoms with Crippen molar-refractivity contribution in [1.82, 2.24) is 4.98 Å². The Morgan fingerprint density at radius 3 is 2.58 bits per heavy atom. The van der Waals surface area contributed by atoms with Crippen LogP contribution in [0, 0.1) is 21.4 Å². The number of hydrogen-bond donors (Lipinski definition) is 1. The lowest BCUT2D eigenvalue weighted by molar-refractivity contribution is -0.387. The molecule has 0 unspecified atom stereocenters. The third-order valence-electron chi connectivity index (χ3n) is 4.70. The van der Waals surface area contributed by atoms with Crippen molar-refractivity contribution in [3.8, 4) is 6.07 Å².